The second kappa shape index (κ2) is 6.92. The van der Waals surface area contributed by atoms with E-state index in [0.29, 0.717) is 6.61 Å². The lowest BCUT2D eigenvalue weighted by Crippen LogP contribution is -2.27. The van der Waals surface area contributed by atoms with Crippen LogP contribution in [0, 0.1) is 0 Å². The molecule has 0 radical (unpaired) electrons. The molecule has 3 nitrogen and oxygen atoms in total. The lowest BCUT2D eigenvalue weighted by Gasteiger charge is -2.25. The molecule has 1 aliphatic rings. The first-order chi connectivity index (χ1) is 9.22. The van der Waals surface area contributed by atoms with Gasteiger partial charge in [0.1, 0.15) is 0 Å². The van der Waals surface area contributed by atoms with Crippen molar-refractivity contribution in [3.05, 3.63) is 29.8 Å². The van der Waals surface area contributed by atoms with Crippen LogP contribution in [0.5, 0.6) is 0 Å². The molecule has 1 aromatic carbocycles. The summed E-state index contributed by atoms with van der Waals surface area (Å²) in [6.07, 6.45) is 4.68. The van der Waals surface area contributed by atoms with Crippen LogP contribution in [0.2, 0.25) is 0 Å². The van der Waals surface area contributed by atoms with E-state index in [9.17, 15) is 0 Å². The van der Waals surface area contributed by atoms with Crippen LogP contribution in [-0.4, -0.2) is 43.3 Å². The zero-order valence-corrected chi connectivity index (χ0v) is 12.2. The fourth-order valence-corrected chi connectivity index (χ4v) is 2.56. The van der Waals surface area contributed by atoms with Crippen molar-refractivity contribution in [3.63, 3.8) is 0 Å². The van der Waals surface area contributed by atoms with Gasteiger partial charge in [0.25, 0.3) is 0 Å². The van der Waals surface area contributed by atoms with Gasteiger partial charge in [0, 0.05) is 39.0 Å². The summed E-state index contributed by atoms with van der Waals surface area (Å²) in [5.74, 6) is 0. The van der Waals surface area contributed by atoms with E-state index in [0.717, 1.165) is 32.0 Å². The van der Waals surface area contributed by atoms with Crippen molar-refractivity contribution in [2.75, 3.05) is 32.1 Å². The Hall–Kier alpha value is -1.06. The van der Waals surface area contributed by atoms with Crippen LogP contribution >= 0.6 is 0 Å². The minimum Gasteiger partial charge on any atom is -0.396 e. The molecule has 0 aromatic heterocycles. The van der Waals surface area contributed by atoms with Crippen molar-refractivity contribution < 1.29 is 5.11 Å². The number of hydrogen-bond donors (Lipinski definition) is 1. The Bertz CT molecular complexity index is 388. The summed E-state index contributed by atoms with van der Waals surface area (Å²) >= 11 is 0. The monoisotopic (exact) mass is 262 g/mol. The second-order valence-electron chi connectivity index (χ2n) is 5.66. The van der Waals surface area contributed by atoms with E-state index in [1.807, 2.05) is 0 Å². The van der Waals surface area contributed by atoms with E-state index in [1.165, 1.54) is 24.1 Å². The van der Waals surface area contributed by atoms with Gasteiger partial charge in [-0.15, -0.1) is 0 Å². The Morgan fingerprint density at radius 1 is 1.16 bits per heavy atom. The number of anilines is 1. The van der Waals surface area contributed by atoms with Crippen molar-refractivity contribution in [2.45, 2.75) is 38.3 Å². The van der Waals surface area contributed by atoms with E-state index in [1.54, 1.807) is 0 Å². The molecule has 0 spiro atoms. The fraction of sp³-hybridized carbons (Fsp3) is 0.625. The molecule has 3 heteroatoms. The molecule has 0 amide bonds. The predicted octanol–water partition coefficient (Wildman–Crippen LogP) is 2.49. The molecular weight excluding hydrogens is 236 g/mol. The highest BCUT2D eigenvalue weighted by molar-refractivity contribution is 5.52. The Kier molecular flexibility index (Phi) is 5.23. The first-order valence-electron chi connectivity index (χ1n) is 7.32. The number of rotatable bonds is 8. The molecule has 0 saturated heterocycles. The van der Waals surface area contributed by atoms with Gasteiger partial charge in [0.2, 0.25) is 0 Å². The Balaban J connectivity index is 2.00. The highest BCUT2D eigenvalue weighted by Gasteiger charge is 2.28. The van der Waals surface area contributed by atoms with Gasteiger partial charge in [0.15, 0.2) is 0 Å². The first kappa shape index (κ1) is 14.4. The summed E-state index contributed by atoms with van der Waals surface area (Å²) in [5, 5.41) is 8.91. The van der Waals surface area contributed by atoms with Gasteiger partial charge in [-0.25, -0.2) is 0 Å². The first-order valence-corrected chi connectivity index (χ1v) is 7.32. The van der Waals surface area contributed by atoms with Gasteiger partial charge >= 0.3 is 0 Å². The van der Waals surface area contributed by atoms with Crippen LogP contribution < -0.4 is 4.90 Å². The summed E-state index contributed by atoms with van der Waals surface area (Å²) in [7, 11) is 4.21. The third kappa shape index (κ3) is 4.22. The molecule has 0 heterocycles. The highest BCUT2D eigenvalue weighted by atomic mass is 16.2. The van der Waals surface area contributed by atoms with Crippen LogP contribution in [-0.2, 0) is 6.54 Å². The van der Waals surface area contributed by atoms with Gasteiger partial charge in [-0.05, 0) is 43.9 Å². The van der Waals surface area contributed by atoms with Crippen molar-refractivity contribution in [2.24, 2.45) is 0 Å². The van der Waals surface area contributed by atoms with Gasteiger partial charge in [-0.1, -0.05) is 18.2 Å². The lowest BCUT2D eigenvalue weighted by atomic mass is 10.1. The number of para-hydroxylation sites is 1. The third-order valence-corrected chi connectivity index (χ3v) is 3.76. The van der Waals surface area contributed by atoms with Gasteiger partial charge in [0.05, 0.1) is 0 Å². The largest absolute Gasteiger partial charge is 0.396 e. The quantitative estimate of drug-likeness (QED) is 0.729. The highest BCUT2D eigenvalue weighted by Crippen LogP contribution is 2.30. The number of aliphatic hydroxyl groups is 1. The van der Waals surface area contributed by atoms with E-state index in [2.05, 4.69) is 48.2 Å². The van der Waals surface area contributed by atoms with Crippen molar-refractivity contribution in [1.29, 1.82) is 0 Å². The Morgan fingerprint density at radius 3 is 2.53 bits per heavy atom. The van der Waals surface area contributed by atoms with Crippen LogP contribution in [0.25, 0.3) is 0 Å². The minimum absolute atomic E-state index is 0.312. The normalized spacial score (nSPS) is 14.9. The third-order valence-electron chi connectivity index (χ3n) is 3.76. The maximum Gasteiger partial charge on any atom is 0.0431 e. The maximum absolute atomic E-state index is 8.91. The van der Waals surface area contributed by atoms with Gasteiger partial charge in [-0.3, -0.25) is 4.90 Å². The van der Waals surface area contributed by atoms with Crippen LogP contribution in [0.15, 0.2) is 24.3 Å². The SMILES string of the molecule is CN(C)c1ccccc1CN(CCCCO)C1CC1. The molecule has 106 valence electrons. The van der Waals surface area contributed by atoms with E-state index < -0.39 is 0 Å². The van der Waals surface area contributed by atoms with Crippen molar-refractivity contribution in [3.8, 4) is 0 Å². The average molecular weight is 262 g/mol. The number of hydrogen-bond acceptors (Lipinski definition) is 3. The predicted molar refractivity (Wildman–Crippen MR) is 80.5 cm³/mol. The van der Waals surface area contributed by atoms with E-state index >= 15 is 0 Å². The molecule has 1 aromatic rings. The van der Waals surface area contributed by atoms with Crippen molar-refractivity contribution in [1.82, 2.24) is 4.90 Å². The van der Waals surface area contributed by atoms with Crippen LogP contribution in [0.1, 0.15) is 31.2 Å². The lowest BCUT2D eigenvalue weighted by molar-refractivity contribution is 0.229. The average Bonchev–Trinajstić information content (AvgIpc) is 3.22. The molecular formula is C16H26N2O. The molecule has 0 atom stereocenters. The molecule has 19 heavy (non-hydrogen) atoms. The Labute approximate surface area is 116 Å². The number of unbranched alkanes of at least 4 members (excludes halogenated alkanes) is 1. The summed E-state index contributed by atoms with van der Waals surface area (Å²) in [4.78, 5) is 4.77. The second-order valence-corrected chi connectivity index (χ2v) is 5.66. The van der Waals surface area contributed by atoms with Gasteiger partial charge in [-0.2, -0.15) is 0 Å². The standard InChI is InChI=1S/C16H26N2O/c1-17(2)16-8-4-3-7-14(16)13-18(15-9-10-15)11-5-6-12-19/h3-4,7-8,15,19H,5-6,9-13H2,1-2H3. The fourth-order valence-electron chi connectivity index (χ4n) is 2.56. The summed E-state index contributed by atoms with van der Waals surface area (Å²) in [5.41, 5.74) is 2.72. The molecule has 1 fully saturated rings. The van der Waals surface area contributed by atoms with Crippen LogP contribution in [0.3, 0.4) is 0 Å². The zero-order valence-electron chi connectivity index (χ0n) is 12.2. The molecule has 0 aliphatic heterocycles. The zero-order chi connectivity index (χ0) is 13.7. The van der Waals surface area contributed by atoms with Crippen molar-refractivity contribution >= 4 is 5.69 Å². The molecule has 0 unspecified atom stereocenters. The molecule has 1 saturated carbocycles. The summed E-state index contributed by atoms with van der Waals surface area (Å²) in [6, 6.07) is 9.42. The number of nitrogens with zero attached hydrogens (tertiary/aromatic N) is 2. The van der Waals surface area contributed by atoms with Crippen LogP contribution in [0.4, 0.5) is 5.69 Å². The van der Waals surface area contributed by atoms with Gasteiger partial charge < -0.3 is 10.0 Å². The summed E-state index contributed by atoms with van der Waals surface area (Å²) in [6.45, 7) is 2.45. The molecule has 2 rings (SSSR count). The smallest absolute Gasteiger partial charge is 0.0431 e. The van der Waals surface area contributed by atoms with E-state index in [-0.39, 0.29) is 0 Å². The maximum atomic E-state index is 8.91. The molecule has 0 bridgehead atoms. The summed E-state index contributed by atoms with van der Waals surface area (Å²) < 4.78 is 0. The minimum atomic E-state index is 0.312. The number of aliphatic hydroxyl groups excluding tert-OH is 1. The molecule has 1 aliphatic carbocycles. The molecule has 1 N–H and O–H groups in total. The van der Waals surface area contributed by atoms with E-state index in [4.69, 9.17) is 5.11 Å². The number of benzene rings is 1. The Morgan fingerprint density at radius 2 is 1.89 bits per heavy atom. The topological polar surface area (TPSA) is 26.7 Å².